The molecule has 0 spiro atoms. The SMILES string of the molecule is CC1(C2=CCCC=C2)N=C(c2ccccc2)NC(C2=CC=C(C3=NC(c4ccccc4)NC(C4=CC(c5ccccc5)CC=C4)=N3)CC2)N1. The van der Waals surface area contributed by atoms with Gasteiger partial charge in [-0.25, -0.2) is 15.0 Å². The Labute approximate surface area is 289 Å². The molecule has 0 saturated heterocycles. The summed E-state index contributed by atoms with van der Waals surface area (Å²) >= 11 is 0. The van der Waals surface area contributed by atoms with Gasteiger partial charge in [-0.3, -0.25) is 5.32 Å². The van der Waals surface area contributed by atoms with Gasteiger partial charge in [0.15, 0.2) is 5.84 Å². The first-order valence-corrected chi connectivity index (χ1v) is 17.5. The van der Waals surface area contributed by atoms with Crippen molar-refractivity contribution in [1.29, 1.82) is 0 Å². The smallest absolute Gasteiger partial charge is 0.155 e. The molecule has 3 aromatic carbocycles. The van der Waals surface area contributed by atoms with E-state index in [1.807, 2.05) is 12.1 Å². The topological polar surface area (TPSA) is 73.2 Å². The standard InChI is InChI=1S/C43H42N6/c1-43(37-23-12-5-13-24-37)48-41(32-19-10-4-11-20-32)47-42(49-43)34-27-25-33(26-28-34)39-44-38(31-17-8-3-9-18-31)45-40(46-39)36-22-14-21-35(29-36)30-15-6-2-7-16-30/h2-4,6-12,14-20,22-25,27,29,35,38,42,49H,5,13,21,26,28H2,1H3,(H,47,48)(H,44,45,46). The van der Waals surface area contributed by atoms with E-state index in [0.717, 1.165) is 71.9 Å². The molecule has 3 aromatic rings. The molecule has 6 heteroatoms. The van der Waals surface area contributed by atoms with E-state index in [4.69, 9.17) is 15.0 Å². The molecule has 0 amide bonds. The molecule has 4 unspecified atom stereocenters. The van der Waals surface area contributed by atoms with Crippen LogP contribution in [0.15, 0.2) is 177 Å². The van der Waals surface area contributed by atoms with E-state index in [9.17, 15) is 0 Å². The predicted octanol–water partition coefficient (Wildman–Crippen LogP) is 8.36. The van der Waals surface area contributed by atoms with Gasteiger partial charge >= 0.3 is 0 Å². The zero-order chi connectivity index (χ0) is 33.0. The number of allylic oxidation sites excluding steroid dienone is 6. The quantitative estimate of drug-likeness (QED) is 0.243. The first-order valence-electron chi connectivity index (χ1n) is 17.5. The number of nitrogens with zero attached hydrogens (tertiary/aromatic N) is 3. The summed E-state index contributed by atoms with van der Waals surface area (Å²) in [5, 5.41) is 11.3. The number of aliphatic imine (C=N–C) groups is 3. The first-order chi connectivity index (χ1) is 24.1. The minimum atomic E-state index is -0.539. The Morgan fingerprint density at radius 2 is 1.49 bits per heavy atom. The van der Waals surface area contributed by atoms with E-state index in [-0.39, 0.29) is 12.3 Å². The number of amidine groups is 3. The van der Waals surface area contributed by atoms with Crippen molar-refractivity contribution in [1.82, 2.24) is 16.0 Å². The van der Waals surface area contributed by atoms with Crippen LogP contribution < -0.4 is 16.0 Å². The van der Waals surface area contributed by atoms with Crippen LogP contribution in [-0.2, 0) is 0 Å². The average molecular weight is 643 g/mol. The summed E-state index contributed by atoms with van der Waals surface area (Å²) in [6.45, 7) is 2.19. The maximum absolute atomic E-state index is 5.23. The van der Waals surface area contributed by atoms with Gasteiger partial charge in [-0.05, 0) is 66.9 Å². The van der Waals surface area contributed by atoms with Crippen molar-refractivity contribution < 1.29 is 0 Å². The summed E-state index contributed by atoms with van der Waals surface area (Å²) in [5.74, 6) is 2.89. The molecule has 244 valence electrons. The molecule has 6 nitrogen and oxygen atoms in total. The van der Waals surface area contributed by atoms with Crippen molar-refractivity contribution in [2.24, 2.45) is 15.0 Å². The van der Waals surface area contributed by atoms with E-state index in [1.54, 1.807) is 0 Å². The lowest BCUT2D eigenvalue weighted by molar-refractivity contribution is 0.352. The van der Waals surface area contributed by atoms with Crippen LogP contribution >= 0.6 is 0 Å². The van der Waals surface area contributed by atoms with Gasteiger partial charge in [0.2, 0.25) is 0 Å². The lowest BCUT2D eigenvalue weighted by Crippen LogP contribution is -2.61. The zero-order valence-electron chi connectivity index (χ0n) is 27.9. The van der Waals surface area contributed by atoms with E-state index in [2.05, 4.69) is 150 Å². The van der Waals surface area contributed by atoms with Crippen molar-refractivity contribution >= 4 is 17.5 Å². The van der Waals surface area contributed by atoms with Crippen LogP contribution in [0.4, 0.5) is 0 Å². The summed E-state index contributed by atoms with van der Waals surface area (Å²) in [7, 11) is 0. The van der Waals surface area contributed by atoms with Crippen LogP contribution in [0.1, 0.15) is 67.8 Å². The van der Waals surface area contributed by atoms with Crippen LogP contribution in [0.5, 0.6) is 0 Å². The van der Waals surface area contributed by atoms with Gasteiger partial charge in [-0.15, -0.1) is 0 Å². The van der Waals surface area contributed by atoms with Gasteiger partial charge in [-0.1, -0.05) is 140 Å². The van der Waals surface area contributed by atoms with Crippen molar-refractivity contribution in [3.63, 3.8) is 0 Å². The van der Waals surface area contributed by atoms with E-state index in [0.29, 0.717) is 5.92 Å². The molecule has 2 aliphatic heterocycles. The highest BCUT2D eigenvalue weighted by atomic mass is 15.3. The van der Waals surface area contributed by atoms with Gasteiger partial charge in [0.25, 0.3) is 0 Å². The highest BCUT2D eigenvalue weighted by molar-refractivity contribution is 6.14. The third-order valence-electron chi connectivity index (χ3n) is 9.91. The molecule has 0 radical (unpaired) electrons. The Kier molecular flexibility index (Phi) is 8.63. The number of rotatable bonds is 7. The molecule has 0 aromatic heterocycles. The summed E-state index contributed by atoms with van der Waals surface area (Å²) < 4.78 is 0. The molecule has 8 rings (SSSR count). The van der Waals surface area contributed by atoms with Gasteiger partial charge in [0.1, 0.15) is 29.7 Å². The predicted molar refractivity (Wildman–Crippen MR) is 202 cm³/mol. The van der Waals surface area contributed by atoms with Gasteiger partial charge in [-0.2, -0.15) is 0 Å². The lowest BCUT2D eigenvalue weighted by atomic mass is 9.89. The fraction of sp³-hybridized carbons (Fsp3) is 0.233. The normalized spacial score (nSPS) is 26.5. The molecule has 3 aliphatic carbocycles. The number of nitrogens with one attached hydrogen (secondary N) is 3. The Morgan fingerprint density at radius 3 is 2.20 bits per heavy atom. The fourth-order valence-electron chi connectivity index (χ4n) is 7.19. The summed E-state index contributed by atoms with van der Waals surface area (Å²) in [6, 6.07) is 31.6. The molecular weight excluding hydrogens is 601 g/mol. The van der Waals surface area contributed by atoms with Crippen molar-refractivity contribution in [3.05, 3.63) is 179 Å². The van der Waals surface area contributed by atoms with E-state index in [1.165, 1.54) is 16.7 Å². The van der Waals surface area contributed by atoms with Crippen LogP contribution in [-0.4, -0.2) is 29.3 Å². The highest BCUT2D eigenvalue weighted by Crippen LogP contribution is 2.33. The molecule has 5 aliphatic rings. The van der Waals surface area contributed by atoms with Crippen LogP contribution in [0.25, 0.3) is 0 Å². The molecule has 0 fully saturated rings. The summed E-state index contributed by atoms with van der Waals surface area (Å²) in [6.07, 6.45) is 22.6. The van der Waals surface area contributed by atoms with Crippen LogP contribution in [0, 0.1) is 0 Å². The molecule has 0 bridgehead atoms. The molecule has 3 N–H and O–H groups in total. The number of benzene rings is 3. The van der Waals surface area contributed by atoms with Gasteiger partial charge < -0.3 is 10.6 Å². The maximum Gasteiger partial charge on any atom is 0.155 e. The summed E-state index contributed by atoms with van der Waals surface area (Å²) in [5.41, 5.74) is 7.75. The minimum absolute atomic E-state index is 0.0646. The second kappa shape index (κ2) is 13.7. The van der Waals surface area contributed by atoms with E-state index < -0.39 is 5.66 Å². The maximum atomic E-state index is 5.23. The van der Waals surface area contributed by atoms with Crippen molar-refractivity contribution in [2.45, 2.75) is 62.9 Å². The first kappa shape index (κ1) is 31.0. The lowest BCUT2D eigenvalue weighted by Gasteiger charge is -2.41. The summed E-state index contributed by atoms with van der Waals surface area (Å²) in [4.78, 5) is 15.6. The zero-order valence-corrected chi connectivity index (χ0v) is 27.9. The van der Waals surface area contributed by atoms with Crippen molar-refractivity contribution in [2.75, 3.05) is 0 Å². The van der Waals surface area contributed by atoms with Gasteiger partial charge in [0.05, 0.1) is 0 Å². The van der Waals surface area contributed by atoms with Gasteiger partial charge in [0, 0.05) is 17.1 Å². The van der Waals surface area contributed by atoms with Crippen LogP contribution in [0.2, 0.25) is 0 Å². The fourth-order valence-corrected chi connectivity index (χ4v) is 7.19. The third-order valence-corrected chi connectivity index (χ3v) is 9.91. The second-order valence-electron chi connectivity index (χ2n) is 13.3. The molecule has 2 heterocycles. The largest absolute Gasteiger partial charge is 0.351 e. The second-order valence-corrected chi connectivity index (χ2v) is 13.3. The minimum Gasteiger partial charge on any atom is -0.351 e. The Bertz CT molecular complexity index is 1980. The highest BCUT2D eigenvalue weighted by Gasteiger charge is 2.37. The monoisotopic (exact) mass is 642 g/mol. The molecule has 49 heavy (non-hydrogen) atoms. The van der Waals surface area contributed by atoms with Crippen LogP contribution in [0.3, 0.4) is 0 Å². The number of hydrogen-bond donors (Lipinski definition) is 3. The molecule has 4 atom stereocenters. The molecule has 0 saturated carbocycles. The van der Waals surface area contributed by atoms with E-state index >= 15 is 0 Å². The Balaban J connectivity index is 1.11. The third kappa shape index (κ3) is 6.70. The Hall–Kier alpha value is -5.33. The Morgan fingerprint density at radius 1 is 0.735 bits per heavy atom. The molecular formula is C43H42N6. The average Bonchev–Trinajstić information content (AvgIpc) is 3.19. The van der Waals surface area contributed by atoms with Crippen molar-refractivity contribution in [3.8, 4) is 0 Å². The number of hydrogen-bond acceptors (Lipinski definition) is 6.